The highest BCUT2D eigenvalue weighted by Gasteiger charge is 2.43. The zero-order valence-corrected chi connectivity index (χ0v) is 23.3. The summed E-state index contributed by atoms with van der Waals surface area (Å²) in [6.45, 7) is 3.25. The van der Waals surface area contributed by atoms with Crippen molar-refractivity contribution >= 4 is 29.1 Å². The van der Waals surface area contributed by atoms with Crippen LogP contribution < -0.4 is 21.3 Å². The lowest BCUT2D eigenvalue weighted by atomic mass is 9.85. The first-order chi connectivity index (χ1) is 19.4. The number of carbonyl (C=O) groups excluding carboxylic acids is 3. The number of piperidine rings is 1. The Morgan fingerprint density at radius 1 is 0.951 bits per heavy atom. The van der Waals surface area contributed by atoms with Crippen molar-refractivity contribution in [2.75, 3.05) is 10.2 Å². The second-order valence-electron chi connectivity index (χ2n) is 11.7. The largest absolute Gasteiger partial charge is 0.391 e. The second-order valence-corrected chi connectivity index (χ2v) is 11.7. The Bertz CT molecular complexity index is 1310. The highest BCUT2D eigenvalue weighted by Crippen LogP contribution is 2.40. The maximum atomic E-state index is 13.5. The third-order valence-electron chi connectivity index (χ3n) is 8.91. The molecule has 5 rings (SSSR count). The molecule has 8 nitrogen and oxygen atoms in total. The van der Waals surface area contributed by atoms with Crippen molar-refractivity contribution in [3.8, 4) is 0 Å². The standard InChI is InChI=1S/C30H36F3N5O3/c1-16-11-25(28(34)40)26(36-20-6-4-19(5-7-20)30(31,32)33)14-24(16)29(41)37-21-12-22-8-9-23(13-21)38(22)27-10-3-18(15-35-27)17(2)39/h3,10-11,14-15,19-23,36H,4-9,12-13H2,1-2H3,(H2,34,40)(H,37,41)/t19?,20?,21?,22-,23+. The molecule has 2 saturated heterocycles. The fourth-order valence-corrected chi connectivity index (χ4v) is 6.74. The van der Waals surface area contributed by atoms with E-state index in [-0.39, 0.29) is 54.3 Å². The number of primary amides is 1. The predicted octanol–water partition coefficient (Wildman–Crippen LogP) is 5.15. The molecule has 1 aromatic heterocycles. The highest BCUT2D eigenvalue weighted by molar-refractivity contribution is 6.03. The van der Waals surface area contributed by atoms with E-state index >= 15 is 0 Å². The molecule has 2 aliphatic heterocycles. The summed E-state index contributed by atoms with van der Waals surface area (Å²) in [5.41, 5.74) is 7.77. The number of alkyl halides is 3. The summed E-state index contributed by atoms with van der Waals surface area (Å²) in [5.74, 6) is -1.43. The Hall–Kier alpha value is -3.63. The minimum atomic E-state index is -4.20. The average molecular weight is 572 g/mol. The number of hydrogen-bond donors (Lipinski definition) is 3. The van der Waals surface area contributed by atoms with E-state index in [9.17, 15) is 27.6 Å². The number of halogens is 3. The number of hydrogen-bond acceptors (Lipinski definition) is 6. The lowest BCUT2D eigenvalue weighted by Crippen LogP contribution is -2.50. The lowest BCUT2D eigenvalue weighted by Gasteiger charge is -2.40. The molecule has 0 spiro atoms. The summed E-state index contributed by atoms with van der Waals surface area (Å²) >= 11 is 0. The van der Waals surface area contributed by atoms with E-state index in [1.165, 1.54) is 6.92 Å². The van der Waals surface area contributed by atoms with E-state index < -0.39 is 18.0 Å². The highest BCUT2D eigenvalue weighted by atomic mass is 19.4. The average Bonchev–Trinajstić information content (AvgIpc) is 3.19. The summed E-state index contributed by atoms with van der Waals surface area (Å²) in [5, 5.41) is 6.38. The quantitative estimate of drug-likeness (QED) is 0.396. The fourth-order valence-electron chi connectivity index (χ4n) is 6.74. The molecule has 2 aromatic rings. The second kappa shape index (κ2) is 11.3. The van der Waals surface area contributed by atoms with Gasteiger partial charge in [0.15, 0.2) is 5.78 Å². The van der Waals surface area contributed by atoms with Crippen LogP contribution >= 0.6 is 0 Å². The third-order valence-corrected chi connectivity index (χ3v) is 8.91. The molecule has 1 aliphatic carbocycles. The van der Waals surface area contributed by atoms with Gasteiger partial charge in [0.05, 0.1) is 11.5 Å². The molecule has 3 heterocycles. The molecular formula is C30H36F3N5O3. The van der Waals surface area contributed by atoms with Gasteiger partial charge in [0, 0.05) is 47.2 Å². The Kier molecular flexibility index (Phi) is 7.98. The summed E-state index contributed by atoms with van der Waals surface area (Å²) < 4.78 is 39.3. The normalized spacial score (nSPS) is 26.0. The number of benzene rings is 1. The van der Waals surface area contributed by atoms with Crippen molar-refractivity contribution in [1.29, 1.82) is 0 Å². The van der Waals surface area contributed by atoms with E-state index in [1.54, 1.807) is 31.3 Å². The first-order valence-corrected chi connectivity index (χ1v) is 14.2. The summed E-state index contributed by atoms with van der Waals surface area (Å²) in [7, 11) is 0. The summed E-state index contributed by atoms with van der Waals surface area (Å²) in [4.78, 5) is 44.1. The minimum Gasteiger partial charge on any atom is -0.382 e. The van der Waals surface area contributed by atoms with Gasteiger partial charge in [-0.25, -0.2) is 4.98 Å². The molecule has 1 unspecified atom stereocenters. The van der Waals surface area contributed by atoms with Gasteiger partial charge in [0.1, 0.15) is 5.82 Å². The monoisotopic (exact) mass is 571 g/mol. The molecule has 3 aliphatic rings. The maximum absolute atomic E-state index is 13.5. The van der Waals surface area contributed by atoms with Crippen molar-refractivity contribution in [1.82, 2.24) is 10.3 Å². The number of aromatic nitrogens is 1. The Morgan fingerprint density at radius 3 is 2.15 bits per heavy atom. The van der Waals surface area contributed by atoms with Crippen LogP contribution in [0.15, 0.2) is 30.5 Å². The van der Waals surface area contributed by atoms with Crippen LogP contribution in [-0.4, -0.2) is 52.9 Å². The van der Waals surface area contributed by atoms with Gasteiger partial charge in [-0.15, -0.1) is 0 Å². The van der Waals surface area contributed by atoms with E-state index in [2.05, 4.69) is 20.5 Å². The molecule has 11 heteroatoms. The van der Waals surface area contributed by atoms with Crippen LogP contribution in [0.4, 0.5) is 24.7 Å². The molecule has 3 atom stereocenters. The molecule has 41 heavy (non-hydrogen) atoms. The summed E-state index contributed by atoms with van der Waals surface area (Å²) in [6.07, 6.45) is 1.55. The van der Waals surface area contributed by atoms with Gasteiger partial charge in [-0.1, -0.05) is 0 Å². The number of nitrogens with zero attached hydrogens (tertiary/aromatic N) is 2. The third kappa shape index (κ3) is 6.18. The predicted molar refractivity (Wildman–Crippen MR) is 149 cm³/mol. The molecule has 1 aromatic carbocycles. The molecular weight excluding hydrogens is 535 g/mol. The minimum absolute atomic E-state index is 0.0176. The molecule has 2 bridgehead atoms. The lowest BCUT2D eigenvalue weighted by molar-refractivity contribution is -0.182. The zero-order chi connectivity index (χ0) is 29.5. The van der Waals surface area contributed by atoms with Gasteiger partial charge < -0.3 is 21.3 Å². The van der Waals surface area contributed by atoms with E-state index in [0.29, 0.717) is 35.2 Å². The SMILES string of the molecule is CC(=O)c1ccc(N2[C@@H]3CC[C@H]2CC(NC(=O)c2cc(NC4CCC(C(F)(F)F)CC4)c(C(N)=O)cc2C)C3)nc1. The molecule has 1 saturated carbocycles. The number of aryl methyl sites for hydroxylation is 1. The molecule has 0 radical (unpaired) electrons. The fraction of sp³-hybridized carbons (Fsp3) is 0.533. The maximum Gasteiger partial charge on any atom is 0.391 e. The number of amides is 2. The van der Waals surface area contributed by atoms with Crippen molar-refractivity contribution in [2.45, 2.75) is 95.6 Å². The topological polar surface area (TPSA) is 117 Å². The van der Waals surface area contributed by atoms with Crippen LogP contribution in [0.25, 0.3) is 0 Å². The first kappa shape index (κ1) is 28.9. The number of pyridine rings is 1. The van der Waals surface area contributed by atoms with Gasteiger partial charge in [-0.3, -0.25) is 14.4 Å². The van der Waals surface area contributed by atoms with Gasteiger partial charge in [0.2, 0.25) is 0 Å². The van der Waals surface area contributed by atoms with Crippen LogP contribution in [0.3, 0.4) is 0 Å². The Morgan fingerprint density at radius 2 is 1.61 bits per heavy atom. The number of nitrogens with one attached hydrogen (secondary N) is 2. The van der Waals surface area contributed by atoms with Crippen LogP contribution in [0.1, 0.15) is 94.9 Å². The van der Waals surface area contributed by atoms with Crippen LogP contribution in [-0.2, 0) is 0 Å². The van der Waals surface area contributed by atoms with Crippen molar-refractivity contribution in [3.63, 3.8) is 0 Å². The van der Waals surface area contributed by atoms with Crippen molar-refractivity contribution < 1.29 is 27.6 Å². The first-order valence-electron chi connectivity index (χ1n) is 14.2. The number of rotatable bonds is 7. The van der Waals surface area contributed by atoms with Crippen LogP contribution in [0.5, 0.6) is 0 Å². The Balaban J connectivity index is 1.26. The van der Waals surface area contributed by atoms with Gasteiger partial charge in [0.25, 0.3) is 11.8 Å². The van der Waals surface area contributed by atoms with E-state index in [4.69, 9.17) is 5.73 Å². The number of Topliss-reactive ketones (excluding diaryl/α,β-unsaturated/α-hetero) is 1. The van der Waals surface area contributed by atoms with Crippen LogP contribution in [0, 0.1) is 12.8 Å². The number of carbonyl (C=O) groups is 3. The van der Waals surface area contributed by atoms with Gasteiger partial charge in [-0.05, 0) is 95.0 Å². The van der Waals surface area contributed by atoms with Crippen LogP contribution in [0.2, 0.25) is 0 Å². The molecule has 4 N–H and O–H groups in total. The van der Waals surface area contributed by atoms with Crippen molar-refractivity contribution in [2.24, 2.45) is 11.7 Å². The summed E-state index contributed by atoms with van der Waals surface area (Å²) in [6, 6.07) is 7.00. The van der Waals surface area contributed by atoms with Gasteiger partial charge >= 0.3 is 6.18 Å². The van der Waals surface area contributed by atoms with E-state index in [0.717, 1.165) is 31.5 Å². The number of fused-ring (bicyclic) bond motifs is 2. The Labute approximate surface area is 237 Å². The smallest absolute Gasteiger partial charge is 0.382 e. The van der Waals surface area contributed by atoms with E-state index in [1.807, 2.05) is 6.07 Å². The zero-order valence-electron chi connectivity index (χ0n) is 23.3. The number of nitrogens with two attached hydrogens (primary N) is 1. The van der Waals surface area contributed by atoms with Crippen molar-refractivity contribution in [3.05, 3.63) is 52.7 Å². The molecule has 2 amide bonds. The number of ketones is 1. The van der Waals surface area contributed by atoms with Gasteiger partial charge in [-0.2, -0.15) is 13.2 Å². The molecule has 220 valence electrons. The number of anilines is 2. The molecule has 3 fully saturated rings.